The molecule has 0 saturated carbocycles. The Bertz CT molecular complexity index is 400. The molecule has 1 rings (SSSR count). The van der Waals surface area contributed by atoms with E-state index in [4.69, 9.17) is 0 Å². The third-order valence-electron chi connectivity index (χ3n) is 2.01. The molecule has 3 heteroatoms. The normalized spacial score (nSPS) is 9.12. The van der Waals surface area contributed by atoms with E-state index in [1.165, 1.54) is 0 Å². The monoisotopic (exact) mass is 279 g/mol. The lowest BCUT2D eigenvalue weighted by Crippen LogP contribution is -2.10. The largest absolute Gasteiger partial charge is 0.326 e. The standard InChI is InChI=1S/C13H14BrNO/c1-2-3-4-5-6-13(16)15-12-9-7-11(14)8-10-12/h7-10H,4-6H2,1H3,(H,15,16). The third-order valence-corrected chi connectivity index (χ3v) is 2.54. The minimum Gasteiger partial charge on any atom is -0.326 e. The van der Waals surface area contributed by atoms with Gasteiger partial charge in [0.2, 0.25) is 5.91 Å². The first-order chi connectivity index (χ1) is 7.72. The zero-order valence-electron chi connectivity index (χ0n) is 9.22. The summed E-state index contributed by atoms with van der Waals surface area (Å²) in [6.45, 7) is 1.81. The molecule has 0 radical (unpaired) electrons. The number of halogens is 1. The summed E-state index contributed by atoms with van der Waals surface area (Å²) >= 11 is 3.34. The fourth-order valence-corrected chi connectivity index (χ4v) is 1.48. The van der Waals surface area contributed by atoms with Crippen LogP contribution in [0.15, 0.2) is 28.7 Å². The molecule has 2 nitrogen and oxygen atoms in total. The molecule has 1 N–H and O–H groups in total. The number of rotatable bonds is 4. The van der Waals surface area contributed by atoms with Crippen LogP contribution in [0, 0.1) is 11.8 Å². The number of hydrogen-bond donors (Lipinski definition) is 1. The van der Waals surface area contributed by atoms with Gasteiger partial charge in [0, 0.05) is 23.0 Å². The summed E-state index contributed by atoms with van der Waals surface area (Å²) in [6, 6.07) is 7.54. The Kier molecular flexibility index (Phi) is 5.66. The van der Waals surface area contributed by atoms with E-state index in [0.29, 0.717) is 6.42 Å². The highest BCUT2D eigenvalue weighted by Gasteiger charge is 2.00. The van der Waals surface area contributed by atoms with E-state index in [2.05, 4.69) is 33.1 Å². The van der Waals surface area contributed by atoms with E-state index in [0.717, 1.165) is 23.0 Å². The highest BCUT2D eigenvalue weighted by Crippen LogP contribution is 2.14. The molecule has 0 aromatic heterocycles. The van der Waals surface area contributed by atoms with Crippen molar-refractivity contribution in [3.05, 3.63) is 28.7 Å². The van der Waals surface area contributed by atoms with Gasteiger partial charge in [0.1, 0.15) is 0 Å². The summed E-state index contributed by atoms with van der Waals surface area (Å²) in [5.41, 5.74) is 0.828. The average Bonchev–Trinajstić information content (AvgIpc) is 2.28. The van der Waals surface area contributed by atoms with Crippen LogP contribution in [0.3, 0.4) is 0 Å². The molecule has 0 saturated heterocycles. The Morgan fingerprint density at radius 1 is 1.38 bits per heavy atom. The molecule has 16 heavy (non-hydrogen) atoms. The zero-order valence-corrected chi connectivity index (χ0v) is 10.8. The number of unbranched alkanes of at least 4 members (excludes halogenated alkanes) is 1. The van der Waals surface area contributed by atoms with E-state index in [-0.39, 0.29) is 5.91 Å². The summed E-state index contributed by atoms with van der Waals surface area (Å²) in [5.74, 6) is 5.79. The zero-order chi connectivity index (χ0) is 11.8. The first kappa shape index (κ1) is 12.8. The van der Waals surface area contributed by atoms with Gasteiger partial charge in [-0.25, -0.2) is 0 Å². The van der Waals surface area contributed by atoms with Gasteiger partial charge in [-0.3, -0.25) is 4.79 Å². The molecule has 0 aliphatic rings. The van der Waals surface area contributed by atoms with Crippen LogP contribution in [-0.4, -0.2) is 5.91 Å². The molecule has 84 valence electrons. The summed E-state index contributed by atoms with van der Waals surface area (Å²) in [7, 11) is 0. The molecule has 1 aromatic rings. The first-order valence-corrected chi connectivity index (χ1v) is 5.96. The second kappa shape index (κ2) is 7.08. The van der Waals surface area contributed by atoms with Crippen molar-refractivity contribution in [3.63, 3.8) is 0 Å². The molecule has 1 amide bonds. The van der Waals surface area contributed by atoms with Gasteiger partial charge < -0.3 is 5.32 Å². The van der Waals surface area contributed by atoms with Gasteiger partial charge in [-0.05, 0) is 37.6 Å². The number of carbonyl (C=O) groups excluding carboxylic acids is 1. The fraction of sp³-hybridized carbons (Fsp3) is 0.308. The van der Waals surface area contributed by atoms with E-state index in [1.54, 1.807) is 0 Å². The molecule has 0 unspecified atom stereocenters. The van der Waals surface area contributed by atoms with Crippen molar-refractivity contribution >= 4 is 27.5 Å². The molecule has 0 aliphatic heterocycles. The van der Waals surface area contributed by atoms with E-state index in [9.17, 15) is 4.79 Å². The molecule has 0 aliphatic carbocycles. The highest BCUT2D eigenvalue weighted by molar-refractivity contribution is 9.10. The molecule has 0 fully saturated rings. The van der Waals surface area contributed by atoms with Gasteiger partial charge in [0.05, 0.1) is 0 Å². The minimum absolute atomic E-state index is 0.0419. The fourth-order valence-electron chi connectivity index (χ4n) is 1.22. The Balaban J connectivity index is 2.33. The van der Waals surface area contributed by atoms with Gasteiger partial charge in [-0.15, -0.1) is 11.8 Å². The molecule has 1 aromatic carbocycles. The van der Waals surface area contributed by atoms with Gasteiger partial charge in [-0.2, -0.15) is 0 Å². The molecule has 0 atom stereocenters. The first-order valence-electron chi connectivity index (χ1n) is 5.17. The van der Waals surface area contributed by atoms with Gasteiger partial charge in [-0.1, -0.05) is 15.9 Å². The summed E-state index contributed by atoms with van der Waals surface area (Å²) in [5, 5.41) is 2.84. The lowest BCUT2D eigenvalue weighted by molar-refractivity contribution is -0.116. The predicted octanol–water partition coefficient (Wildman–Crippen LogP) is 3.58. The summed E-state index contributed by atoms with van der Waals surface area (Å²) < 4.78 is 1.00. The highest BCUT2D eigenvalue weighted by atomic mass is 79.9. The van der Waals surface area contributed by atoms with Crippen molar-refractivity contribution in [3.8, 4) is 11.8 Å². The molecular weight excluding hydrogens is 266 g/mol. The smallest absolute Gasteiger partial charge is 0.224 e. The van der Waals surface area contributed by atoms with Crippen LogP contribution in [-0.2, 0) is 4.79 Å². The minimum atomic E-state index is 0.0419. The second-order valence-electron chi connectivity index (χ2n) is 3.34. The van der Waals surface area contributed by atoms with Crippen molar-refractivity contribution < 1.29 is 4.79 Å². The van der Waals surface area contributed by atoms with Crippen LogP contribution in [0.25, 0.3) is 0 Å². The third kappa shape index (κ3) is 4.99. The van der Waals surface area contributed by atoms with Gasteiger partial charge >= 0.3 is 0 Å². The Labute approximate surface area is 105 Å². The number of nitrogens with one attached hydrogen (secondary N) is 1. The second-order valence-corrected chi connectivity index (χ2v) is 4.25. The number of amides is 1. The molecule has 0 spiro atoms. The van der Waals surface area contributed by atoms with Crippen molar-refractivity contribution in [2.24, 2.45) is 0 Å². The van der Waals surface area contributed by atoms with Crippen LogP contribution in [0.2, 0.25) is 0 Å². The molecule has 0 bridgehead atoms. The van der Waals surface area contributed by atoms with E-state index in [1.807, 2.05) is 31.2 Å². The van der Waals surface area contributed by atoms with Crippen molar-refractivity contribution in [2.45, 2.75) is 26.2 Å². The number of benzene rings is 1. The van der Waals surface area contributed by atoms with Gasteiger partial charge in [0.25, 0.3) is 0 Å². The quantitative estimate of drug-likeness (QED) is 0.663. The van der Waals surface area contributed by atoms with Crippen molar-refractivity contribution in [1.82, 2.24) is 0 Å². The van der Waals surface area contributed by atoms with Crippen LogP contribution in [0.5, 0.6) is 0 Å². The van der Waals surface area contributed by atoms with Crippen molar-refractivity contribution in [1.29, 1.82) is 0 Å². The topological polar surface area (TPSA) is 29.1 Å². The molecule has 0 heterocycles. The Hall–Kier alpha value is -1.27. The van der Waals surface area contributed by atoms with Crippen molar-refractivity contribution in [2.75, 3.05) is 5.32 Å². The number of carbonyl (C=O) groups is 1. The molecular formula is C13H14BrNO. The Morgan fingerprint density at radius 3 is 2.69 bits per heavy atom. The lowest BCUT2D eigenvalue weighted by Gasteiger charge is -2.04. The van der Waals surface area contributed by atoms with Crippen LogP contribution >= 0.6 is 15.9 Å². The summed E-state index contributed by atoms with van der Waals surface area (Å²) in [4.78, 5) is 11.5. The maximum atomic E-state index is 11.5. The predicted molar refractivity (Wildman–Crippen MR) is 70.1 cm³/mol. The van der Waals surface area contributed by atoms with Crippen LogP contribution < -0.4 is 5.32 Å². The van der Waals surface area contributed by atoms with Crippen LogP contribution in [0.4, 0.5) is 5.69 Å². The average molecular weight is 280 g/mol. The maximum absolute atomic E-state index is 11.5. The number of hydrogen-bond acceptors (Lipinski definition) is 1. The lowest BCUT2D eigenvalue weighted by atomic mass is 10.2. The Morgan fingerprint density at radius 2 is 2.06 bits per heavy atom. The van der Waals surface area contributed by atoms with Gasteiger partial charge in [0.15, 0.2) is 0 Å². The van der Waals surface area contributed by atoms with E-state index < -0.39 is 0 Å². The van der Waals surface area contributed by atoms with Crippen LogP contribution in [0.1, 0.15) is 26.2 Å². The maximum Gasteiger partial charge on any atom is 0.224 e. The van der Waals surface area contributed by atoms with E-state index >= 15 is 0 Å². The number of anilines is 1. The SMILES string of the molecule is CC#CCCCC(=O)Nc1ccc(Br)cc1. The summed E-state index contributed by atoms with van der Waals surface area (Å²) in [6.07, 6.45) is 2.11.